The van der Waals surface area contributed by atoms with Gasteiger partial charge < -0.3 is 10.6 Å². The van der Waals surface area contributed by atoms with Crippen LogP contribution in [0.25, 0.3) is 0 Å². The van der Waals surface area contributed by atoms with Crippen molar-refractivity contribution in [3.8, 4) is 0 Å². The van der Waals surface area contributed by atoms with Crippen LogP contribution in [-0.2, 0) is 6.54 Å². The Hall–Kier alpha value is -1.07. The Labute approximate surface area is 126 Å². The van der Waals surface area contributed by atoms with Crippen molar-refractivity contribution in [2.24, 2.45) is 11.7 Å². The molecule has 2 heterocycles. The van der Waals surface area contributed by atoms with Crippen LogP contribution in [-0.4, -0.2) is 40.2 Å². The third-order valence-corrected chi connectivity index (χ3v) is 3.94. The molecule has 0 saturated carbocycles. The van der Waals surface area contributed by atoms with Gasteiger partial charge in [-0.05, 0) is 39.2 Å². The average Bonchev–Trinajstić information content (AvgIpc) is 2.96. The van der Waals surface area contributed by atoms with Gasteiger partial charge in [-0.1, -0.05) is 6.92 Å². The topological polar surface area (TPSA) is 64.2 Å². The second kappa shape index (κ2) is 7.09. The number of nitrogens with two attached hydrogens (primary N) is 1. The van der Waals surface area contributed by atoms with E-state index in [-0.39, 0.29) is 18.3 Å². The second-order valence-electron chi connectivity index (χ2n) is 5.41. The molecule has 1 saturated heterocycles. The van der Waals surface area contributed by atoms with Crippen LogP contribution in [0.15, 0.2) is 0 Å². The standard InChI is InChI=1S/C14H24N4O.ClH/c1-4-6-18-11(3)13(10(2)16-18)14(19)17-7-5-12(8-15)9-17;/h12H,4-9,15H2,1-3H3;1H. The molecule has 1 atom stereocenters. The van der Waals surface area contributed by atoms with Gasteiger partial charge in [0, 0.05) is 25.3 Å². The van der Waals surface area contributed by atoms with Gasteiger partial charge in [0.05, 0.1) is 11.3 Å². The normalized spacial score (nSPS) is 18.2. The van der Waals surface area contributed by atoms with E-state index in [9.17, 15) is 4.79 Å². The van der Waals surface area contributed by atoms with Gasteiger partial charge in [0.25, 0.3) is 5.91 Å². The molecule has 0 aliphatic carbocycles. The first-order valence-electron chi connectivity index (χ1n) is 7.11. The van der Waals surface area contributed by atoms with E-state index in [2.05, 4.69) is 12.0 Å². The Kier molecular flexibility index (Phi) is 6.02. The van der Waals surface area contributed by atoms with Gasteiger partial charge in [-0.3, -0.25) is 9.48 Å². The summed E-state index contributed by atoms with van der Waals surface area (Å²) in [5, 5.41) is 4.48. The van der Waals surface area contributed by atoms with Crippen molar-refractivity contribution >= 4 is 18.3 Å². The van der Waals surface area contributed by atoms with Crippen LogP contribution in [0.5, 0.6) is 0 Å². The first kappa shape index (κ1) is 17.0. The van der Waals surface area contributed by atoms with Crippen LogP contribution in [0.2, 0.25) is 0 Å². The summed E-state index contributed by atoms with van der Waals surface area (Å²) in [5.74, 6) is 0.573. The SMILES string of the molecule is CCCn1nc(C)c(C(=O)N2CCC(CN)C2)c1C.Cl. The Balaban J connectivity index is 0.00000200. The first-order chi connectivity index (χ1) is 9.08. The van der Waals surface area contributed by atoms with E-state index in [0.29, 0.717) is 12.5 Å². The fourth-order valence-corrected chi connectivity index (χ4v) is 2.80. The maximum atomic E-state index is 12.6. The molecular weight excluding hydrogens is 276 g/mol. The van der Waals surface area contributed by atoms with E-state index in [1.165, 1.54) is 0 Å². The summed E-state index contributed by atoms with van der Waals surface area (Å²) in [7, 11) is 0. The second-order valence-corrected chi connectivity index (χ2v) is 5.41. The van der Waals surface area contributed by atoms with Gasteiger partial charge in [0.1, 0.15) is 0 Å². The number of hydrogen-bond acceptors (Lipinski definition) is 3. The lowest BCUT2D eigenvalue weighted by atomic mass is 10.1. The fourth-order valence-electron chi connectivity index (χ4n) is 2.80. The molecule has 1 aromatic rings. The molecule has 2 rings (SSSR count). The van der Waals surface area contributed by atoms with Crippen molar-refractivity contribution in [3.05, 3.63) is 17.0 Å². The van der Waals surface area contributed by atoms with Crippen LogP contribution < -0.4 is 5.73 Å². The van der Waals surface area contributed by atoms with Crippen LogP contribution in [0.4, 0.5) is 0 Å². The van der Waals surface area contributed by atoms with Crippen molar-refractivity contribution in [1.82, 2.24) is 14.7 Å². The summed E-state index contributed by atoms with van der Waals surface area (Å²) in [6.07, 6.45) is 2.04. The lowest BCUT2D eigenvalue weighted by Gasteiger charge is -2.16. The Morgan fingerprint density at radius 1 is 1.45 bits per heavy atom. The number of hydrogen-bond donors (Lipinski definition) is 1. The predicted octanol–water partition coefficient (Wildman–Crippen LogP) is 1.75. The molecule has 5 nitrogen and oxygen atoms in total. The molecule has 2 N–H and O–H groups in total. The third-order valence-electron chi connectivity index (χ3n) is 3.94. The number of likely N-dealkylation sites (tertiary alicyclic amines) is 1. The van der Waals surface area contributed by atoms with E-state index in [1.807, 2.05) is 23.4 Å². The zero-order chi connectivity index (χ0) is 14.0. The molecule has 1 aliphatic heterocycles. The average molecular weight is 301 g/mol. The van der Waals surface area contributed by atoms with Crippen molar-refractivity contribution < 1.29 is 4.79 Å². The van der Waals surface area contributed by atoms with Crippen LogP contribution in [0.1, 0.15) is 41.5 Å². The van der Waals surface area contributed by atoms with Gasteiger partial charge in [-0.2, -0.15) is 5.10 Å². The molecule has 0 spiro atoms. The number of carbonyl (C=O) groups is 1. The van der Waals surface area contributed by atoms with E-state index in [1.54, 1.807) is 0 Å². The smallest absolute Gasteiger partial charge is 0.257 e. The molecular formula is C14H25ClN4O. The lowest BCUT2D eigenvalue weighted by Crippen LogP contribution is -2.30. The zero-order valence-electron chi connectivity index (χ0n) is 12.6. The summed E-state index contributed by atoms with van der Waals surface area (Å²) < 4.78 is 1.94. The first-order valence-corrected chi connectivity index (χ1v) is 7.11. The highest BCUT2D eigenvalue weighted by molar-refractivity contribution is 5.96. The number of aromatic nitrogens is 2. The maximum Gasteiger partial charge on any atom is 0.257 e. The lowest BCUT2D eigenvalue weighted by molar-refractivity contribution is 0.0786. The van der Waals surface area contributed by atoms with E-state index < -0.39 is 0 Å². The van der Waals surface area contributed by atoms with Crippen molar-refractivity contribution in [2.75, 3.05) is 19.6 Å². The number of rotatable bonds is 4. The Morgan fingerprint density at radius 2 is 2.15 bits per heavy atom. The molecule has 1 aromatic heterocycles. The molecule has 1 aliphatic rings. The van der Waals surface area contributed by atoms with Gasteiger partial charge in [0.2, 0.25) is 0 Å². The molecule has 1 amide bonds. The number of nitrogens with zero attached hydrogens (tertiary/aromatic N) is 3. The molecule has 0 radical (unpaired) electrons. The molecule has 1 fully saturated rings. The monoisotopic (exact) mass is 300 g/mol. The number of amides is 1. The molecule has 20 heavy (non-hydrogen) atoms. The molecule has 0 bridgehead atoms. The fraction of sp³-hybridized carbons (Fsp3) is 0.714. The maximum absolute atomic E-state index is 12.6. The third kappa shape index (κ3) is 3.15. The van der Waals surface area contributed by atoms with Crippen LogP contribution >= 0.6 is 12.4 Å². The summed E-state index contributed by atoms with van der Waals surface area (Å²) in [6, 6.07) is 0. The van der Waals surface area contributed by atoms with Crippen molar-refractivity contribution in [1.29, 1.82) is 0 Å². The predicted molar refractivity (Wildman–Crippen MR) is 82.3 cm³/mol. The van der Waals surface area contributed by atoms with E-state index >= 15 is 0 Å². The summed E-state index contributed by atoms with van der Waals surface area (Å²) in [5.41, 5.74) is 8.29. The van der Waals surface area contributed by atoms with Crippen molar-refractivity contribution in [2.45, 2.75) is 40.2 Å². The Morgan fingerprint density at radius 3 is 2.70 bits per heavy atom. The van der Waals surface area contributed by atoms with Gasteiger partial charge in [-0.15, -0.1) is 12.4 Å². The number of halogens is 1. The molecule has 1 unspecified atom stereocenters. The Bertz CT molecular complexity index is 472. The largest absolute Gasteiger partial charge is 0.338 e. The van der Waals surface area contributed by atoms with Gasteiger partial charge in [-0.25, -0.2) is 0 Å². The highest BCUT2D eigenvalue weighted by Crippen LogP contribution is 2.21. The number of aryl methyl sites for hydroxylation is 2. The molecule has 6 heteroatoms. The quantitative estimate of drug-likeness (QED) is 0.921. The van der Waals surface area contributed by atoms with E-state index in [4.69, 9.17) is 5.73 Å². The van der Waals surface area contributed by atoms with Gasteiger partial charge >= 0.3 is 0 Å². The summed E-state index contributed by atoms with van der Waals surface area (Å²) >= 11 is 0. The minimum Gasteiger partial charge on any atom is -0.338 e. The molecule has 0 aromatic carbocycles. The summed E-state index contributed by atoms with van der Waals surface area (Å²) in [4.78, 5) is 14.5. The van der Waals surface area contributed by atoms with Crippen LogP contribution in [0.3, 0.4) is 0 Å². The highest BCUT2D eigenvalue weighted by Gasteiger charge is 2.29. The van der Waals surface area contributed by atoms with Crippen LogP contribution in [0, 0.1) is 19.8 Å². The highest BCUT2D eigenvalue weighted by atomic mass is 35.5. The summed E-state index contributed by atoms with van der Waals surface area (Å²) in [6.45, 7) is 9.15. The number of carbonyl (C=O) groups excluding carboxylic acids is 1. The van der Waals surface area contributed by atoms with E-state index in [0.717, 1.165) is 49.4 Å². The van der Waals surface area contributed by atoms with Gasteiger partial charge in [0.15, 0.2) is 0 Å². The zero-order valence-corrected chi connectivity index (χ0v) is 13.4. The minimum absolute atomic E-state index is 0. The van der Waals surface area contributed by atoms with Crippen molar-refractivity contribution in [3.63, 3.8) is 0 Å². The minimum atomic E-state index is 0. The molecule has 114 valence electrons.